The van der Waals surface area contributed by atoms with Crippen LogP contribution < -0.4 is 4.74 Å². The Morgan fingerprint density at radius 1 is 1.52 bits per heavy atom. The van der Waals surface area contributed by atoms with Gasteiger partial charge in [0.15, 0.2) is 17.3 Å². The molecule has 2 unspecified atom stereocenters. The number of halogens is 2. The molecular formula is C16H20ClFO3. The fraction of sp³-hybridized carbons (Fsp3) is 0.562. The third-order valence-corrected chi connectivity index (χ3v) is 4.09. The highest BCUT2D eigenvalue weighted by Crippen LogP contribution is 2.35. The molecule has 1 aliphatic rings. The van der Waals surface area contributed by atoms with Crippen LogP contribution in [-0.4, -0.2) is 24.1 Å². The molecule has 3 nitrogen and oxygen atoms in total. The molecule has 0 spiro atoms. The van der Waals surface area contributed by atoms with Crippen molar-refractivity contribution in [1.29, 1.82) is 0 Å². The van der Waals surface area contributed by atoms with Gasteiger partial charge in [0.1, 0.15) is 0 Å². The number of benzene rings is 1. The van der Waals surface area contributed by atoms with Crippen LogP contribution in [0.4, 0.5) is 4.39 Å². The van der Waals surface area contributed by atoms with Gasteiger partial charge in [0.05, 0.1) is 23.3 Å². The van der Waals surface area contributed by atoms with Gasteiger partial charge >= 0.3 is 0 Å². The van der Waals surface area contributed by atoms with E-state index in [2.05, 4.69) is 0 Å². The van der Waals surface area contributed by atoms with E-state index in [0.717, 1.165) is 12.5 Å². The molecule has 1 aromatic rings. The monoisotopic (exact) mass is 314 g/mol. The molecule has 1 aromatic carbocycles. The van der Waals surface area contributed by atoms with E-state index in [9.17, 15) is 9.18 Å². The van der Waals surface area contributed by atoms with Crippen molar-refractivity contribution in [3.8, 4) is 5.75 Å². The van der Waals surface area contributed by atoms with Gasteiger partial charge in [-0.2, -0.15) is 0 Å². The maximum Gasteiger partial charge on any atom is 0.165 e. The van der Waals surface area contributed by atoms with Crippen molar-refractivity contribution in [3.63, 3.8) is 0 Å². The zero-order valence-corrected chi connectivity index (χ0v) is 13.5. The average Bonchev–Trinajstić information content (AvgIpc) is 2.62. The van der Waals surface area contributed by atoms with E-state index in [4.69, 9.17) is 21.1 Å². The topological polar surface area (TPSA) is 35.5 Å². The van der Waals surface area contributed by atoms with Gasteiger partial charge in [0, 0.05) is 17.5 Å². The van der Waals surface area contributed by atoms with Crippen LogP contribution in [0.25, 0.3) is 0 Å². The summed E-state index contributed by atoms with van der Waals surface area (Å²) in [6.07, 6.45) is 0.921. The van der Waals surface area contributed by atoms with Crippen LogP contribution in [0.5, 0.6) is 5.75 Å². The van der Waals surface area contributed by atoms with Gasteiger partial charge < -0.3 is 9.47 Å². The minimum Gasteiger partial charge on any atom is -0.490 e. The zero-order chi connectivity index (χ0) is 15.8. The molecule has 2 atom stereocenters. The van der Waals surface area contributed by atoms with Crippen molar-refractivity contribution < 1.29 is 18.7 Å². The van der Waals surface area contributed by atoms with E-state index < -0.39 is 5.82 Å². The summed E-state index contributed by atoms with van der Waals surface area (Å²) in [5, 5.41) is 0.204. The molecule has 21 heavy (non-hydrogen) atoms. The number of ether oxygens (including phenoxy) is 2. The van der Waals surface area contributed by atoms with Crippen molar-refractivity contribution in [2.24, 2.45) is 5.92 Å². The molecule has 5 heteroatoms. The number of ketones is 1. The van der Waals surface area contributed by atoms with Crippen LogP contribution in [0.15, 0.2) is 12.1 Å². The van der Waals surface area contributed by atoms with Crippen LogP contribution in [0.2, 0.25) is 5.02 Å². The Balaban J connectivity index is 2.07. The third kappa shape index (κ3) is 3.74. The molecule has 0 aromatic heterocycles. The Kier molecular flexibility index (Phi) is 4.59. The second-order valence-corrected chi connectivity index (χ2v) is 6.58. The normalized spacial score (nSPS) is 24.1. The number of hydrogen-bond acceptors (Lipinski definition) is 3. The first-order valence-electron chi connectivity index (χ1n) is 7.00. The van der Waals surface area contributed by atoms with Gasteiger partial charge in [-0.05, 0) is 40.2 Å². The summed E-state index contributed by atoms with van der Waals surface area (Å²) >= 11 is 5.97. The summed E-state index contributed by atoms with van der Waals surface area (Å²) in [6, 6.07) is 2.48. The van der Waals surface area contributed by atoms with Gasteiger partial charge in [-0.3, -0.25) is 4.79 Å². The molecule has 116 valence electrons. The van der Waals surface area contributed by atoms with Gasteiger partial charge in [0.2, 0.25) is 0 Å². The minimum absolute atomic E-state index is 0.0648. The molecule has 1 saturated heterocycles. The molecule has 0 saturated carbocycles. The van der Waals surface area contributed by atoms with Crippen molar-refractivity contribution in [2.45, 2.75) is 45.8 Å². The highest BCUT2D eigenvalue weighted by Gasteiger charge is 2.38. The fourth-order valence-corrected chi connectivity index (χ4v) is 3.03. The average molecular weight is 315 g/mol. The molecule has 1 aliphatic heterocycles. The molecule has 1 fully saturated rings. The number of rotatable bonds is 4. The fourth-order valence-electron chi connectivity index (χ4n) is 2.75. The van der Waals surface area contributed by atoms with Crippen molar-refractivity contribution in [3.05, 3.63) is 28.5 Å². The molecule has 0 aliphatic carbocycles. The molecule has 1 heterocycles. The molecule has 0 amide bonds. The number of carbonyl (C=O) groups excluding carboxylic acids is 1. The summed E-state index contributed by atoms with van der Waals surface area (Å²) in [4.78, 5) is 11.3. The lowest BCUT2D eigenvalue weighted by Crippen LogP contribution is -2.19. The van der Waals surface area contributed by atoms with E-state index in [1.54, 1.807) is 0 Å². The predicted molar refractivity (Wildman–Crippen MR) is 79.6 cm³/mol. The molecular weight excluding hydrogens is 295 g/mol. The lowest BCUT2D eigenvalue weighted by molar-refractivity contribution is -0.0140. The Hall–Kier alpha value is -1.13. The largest absolute Gasteiger partial charge is 0.490 e. The lowest BCUT2D eigenvalue weighted by Gasteiger charge is -2.16. The second-order valence-electron chi connectivity index (χ2n) is 6.18. The van der Waals surface area contributed by atoms with E-state index in [-0.39, 0.29) is 39.7 Å². The molecule has 0 radical (unpaired) electrons. The summed E-state index contributed by atoms with van der Waals surface area (Å²) < 4.78 is 25.3. The van der Waals surface area contributed by atoms with E-state index >= 15 is 0 Å². The smallest absolute Gasteiger partial charge is 0.165 e. The molecule has 0 N–H and O–H groups in total. The van der Waals surface area contributed by atoms with Gasteiger partial charge in [-0.25, -0.2) is 4.39 Å². The van der Waals surface area contributed by atoms with Crippen LogP contribution in [0.3, 0.4) is 0 Å². The predicted octanol–water partition coefficient (Wildman–Crippen LogP) is 4.26. The SMILES string of the molecule is CC(=O)c1cc(F)c(OCC2CC(C)(C)OC2C)cc1Cl. The zero-order valence-electron chi connectivity index (χ0n) is 12.7. The van der Waals surface area contributed by atoms with Gasteiger partial charge in [-0.15, -0.1) is 0 Å². The first-order valence-corrected chi connectivity index (χ1v) is 7.38. The summed E-state index contributed by atoms with van der Waals surface area (Å²) in [7, 11) is 0. The first-order chi connectivity index (χ1) is 9.69. The maximum absolute atomic E-state index is 13.9. The highest BCUT2D eigenvalue weighted by molar-refractivity contribution is 6.34. The number of carbonyl (C=O) groups is 1. The Morgan fingerprint density at radius 3 is 2.71 bits per heavy atom. The third-order valence-electron chi connectivity index (χ3n) is 3.78. The summed E-state index contributed by atoms with van der Waals surface area (Å²) in [6.45, 7) is 7.76. The minimum atomic E-state index is -0.574. The number of hydrogen-bond donors (Lipinski definition) is 0. The second kappa shape index (κ2) is 5.93. The highest BCUT2D eigenvalue weighted by atomic mass is 35.5. The van der Waals surface area contributed by atoms with Crippen molar-refractivity contribution in [2.75, 3.05) is 6.61 Å². The Morgan fingerprint density at radius 2 is 2.19 bits per heavy atom. The van der Waals surface area contributed by atoms with Crippen molar-refractivity contribution in [1.82, 2.24) is 0 Å². The standard InChI is InChI=1S/C16H20ClFO3/c1-9(19)12-5-14(18)15(6-13(12)17)20-8-11-7-16(3,4)21-10(11)2/h5-6,10-11H,7-8H2,1-4H3. The van der Waals surface area contributed by atoms with Crippen LogP contribution >= 0.6 is 11.6 Å². The van der Waals surface area contributed by atoms with E-state index in [0.29, 0.717) is 6.61 Å². The quantitative estimate of drug-likeness (QED) is 0.779. The Bertz CT molecular complexity index is 557. The summed E-state index contributed by atoms with van der Waals surface area (Å²) in [5.74, 6) is -0.576. The number of Topliss-reactive ketones (excluding diaryl/α,β-unsaturated/α-hetero) is 1. The van der Waals surface area contributed by atoms with Gasteiger partial charge in [-0.1, -0.05) is 11.6 Å². The molecule has 0 bridgehead atoms. The van der Waals surface area contributed by atoms with Gasteiger partial charge in [0.25, 0.3) is 0 Å². The Labute approximate surface area is 129 Å². The lowest BCUT2D eigenvalue weighted by atomic mass is 9.95. The van der Waals surface area contributed by atoms with Crippen LogP contribution in [0.1, 0.15) is 44.5 Å². The van der Waals surface area contributed by atoms with Crippen molar-refractivity contribution >= 4 is 17.4 Å². The maximum atomic E-state index is 13.9. The first kappa shape index (κ1) is 16.2. The van der Waals surface area contributed by atoms with E-state index in [1.807, 2.05) is 20.8 Å². The summed E-state index contributed by atoms with van der Waals surface area (Å²) in [5.41, 5.74) is -0.0116. The molecule has 2 rings (SSSR count). The van der Waals surface area contributed by atoms with Crippen LogP contribution in [0, 0.1) is 11.7 Å². The van der Waals surface area contributed by atoms with E-state index in [1.165, 1.54) is 13.0 Å². The van der Waals surface area contributed by atoms with Crippen LogP contribution in [-0.2, 0) is 4.74 Å².